The number of benzene rings is 1. The van der Waals surface area contributed by atoms with Gasteiger partial charge >= 0.3 is 0 Å². The van der Waals surface area contributed by atoms with E-state index in [0.29, 0.717) is 17.0 Å². The highest BCUT2D eigenvalue weighted by atomic mass is 35.5. The number of nitrogens with one attached hydrogen (secondary N) is 2. The summed E-state index contributed by atoms with van der Waals surface area (Å²) in [5, 5.41) is 0.703. The lowest BCUT2D eigenvalue weighted by atomic mass is 9.98. The Hall–Kier alpha value is -2.96. The first-order valence-corrected chi connectivity index (χ1v) is 11.1. The van der Waals surface area contributed by atoms with Gasteiger partial charge in [-0.05, 0) is 62.1 Å². The van der Waals surface area contributed by atoms with Crippen LogP contribution in [0.25, 0.3) is 11.3 Å². The van der Waals surface area contributed by atoms with Crippen molar-refractivity contribution in [1.82, 2.24) is 20.8 Å². The lowest BCUT2D eigenvalue weighted by Crippen LogP contribution is -2.31. The van der Waals surface area contributed by atoms with E-state index in [1.165, 1.54) is 19.3 Å². The van der Waals surface area contributed by atoms with Gasteiger partial charge in [0.25, 0.3) is 0 Å². The molecular formula is C24H24ClN5O. The summed E-state index contributed by atoms with van der Waals surface area (Å²) in [4.78, 5) is 13.8. The van der Waals surface area contributed by atoms with E-state index in [1.807, 2.05) is 60.9 Å². The zero-order valence-electron chi connectivity index (χ0n) is 17.1. The van der Waals surface area contributed by atoms with Crippen LogP contribution in [0.5, 0.6) is 5.88 Å². The first-order chi connectivity index (χ1) is 15.2. The fourth-order valence-electron chi connectivity index (χ4n) is 3.94. The Labute approximate surface area is 186 Å². The van der Waals surface area contributed by atoms with Gasteiger partial charge in [-0.3, -0.25) is 4.98 Å². The van der Waals surface area contributed by atoms with Gasteiger partial charge in [0.2, 0.25) is 5.88 Å². The molecule has 1 fully saturated rings. The van der Waals surface area contributed by atoms with E-state index in [4.69, 9.17) is 21.3 Å². The number of nitrogens with zero attached hydrogens (tertiary/aromatic N) is 3. The number of rotatable bonds is 5. The maximum atomic E-state index is 6.02. The second kappa shape index (κ2) is 9.04. The van der Waals surface area contributed by atoms with E-state index < -0.39 is 0 Å². The summed E-state index contributed by atoms with van der Waals surface area (Å²) in [5.74, 6) is 1.47. The molecule has 1 aromatic carbocycles. The Morgan fingerprint density at radius 3 is 2.35 bits per heavy atom. The molecule has 0 radical (unpaired) electrons. The van der Waals surface area contributed by atoms with Crippen LogP contribution in [0.15, 0.2) is 65.9 Å². The van der Waals surface area contributed by atoms with Gasteiger partial charge in [-0.25, -0.2) is 15.4 Å². The minimum atomic E-state index is -0.198. The fraction of sp³-hybridized carbons (Fsp3) is 0.292. The van der Waals surface area contributed by atoms with Crippen molar-refractivity contribution in [1.29, 1.82) is 0 Å². The van der Waals surface area contributed by atoms with Crippen molar-refractivity contribution in [2.24, 2.45) is 4.99 Å². The third-order valence-corrected chi connectivity index (χ3v) is 5.93. The first-order valence-electron chi connectivity index (χ1n) is 10.7. The molecule has 1 aliphatic heterocycles. The van der Waals surface area contributed by atoms with Crippen LogP contribution in [-0.4, -0.2) is 21.9 Å². The standard InChI is InChI=1S/C24H24ClN5O/c25-19-10-6-16(7-11-19)23-28-24(30-29-23)18-8-12-21(26-15-18)17-9-13-22(27-14-17)31-20-4-2-1-3-5-20/h6-15,20,24,30H,1-5H2,(H,28,29). The molecule has 2 N–H and O–H groups in total. The summed E-state index contributed by atoms with van der Waals surface area (Å²) in [5.41, 5.74) is 10.1. The minimum absolute atomic E-state index is 0.198. The summed E-state index contributed by atoms with van der Waals surface area (Å²) in [7, 11) is 0. The molecule has 0 amide bonds. The summed E-state index contributed by atoms with van der Waals surface area (Å²) in [6, 6.07) is 15.6. The average Bonchev–Trinajstić information content (AvgIpc) is 3.31. The number of hydrogen-bond acceptors (Lipinski definition) is 6. The van der Waals surface area contributed by atoms with Crippen LogP contribution in [-0.2, 0) is 0 Å². The zero-order valence-corrected chi connectivity index (χ0v) is 17.8. The molecule has 5 rings (SSSR count). The molecule has 7 heteroatoms. The smallest absolute Gasteiger partial charge is 0.213 e. The van der Waals surface area contributed by atoms with Crippen LogP contribution in [0.1, 0.15) is 49.4 Å². The molecule has 3 aromatic rings. The van der Waals surface area contributed by atoms with Gasteiger partial charge in [-0.2, -0.15) is 0 Å². The molecule has 2 aliphatic rings. The lowest BCUT2D eigenvalue weighted by molar-refractivity contribution is 0.148. The molecule has 2 aromatic heterocycles. The molecule has 31 heavy (non-hydrogen) atoms. The number of hydrazine groups is 1. The van der Waals surface area contributed by atoms with Crippen LogP contribution >= 0.6 is 11.6 Å². The summed E-state index contributed by atoms with van der Waals surface area (Å²) >= 11 is 5.97. The maximum Gasteiger partial charge on any atom is 0.213 e. The van der Waals surface area contributed by atoms with Crippen molar-refractivity contribution in [3.63, 3.8) is 0 Å². The predicted octanol–water partition coefficient (Wildman–Crippen LogP) is 5.06. The second-order valence-electron chi connectivity index (χ2n) is 7.90. The van der Waals surface area contributed by atoms with E-state index in [-0.39, 0.29) is 6.17 Å². The van der Waals surface area contributed by atoms with Crippen LogP contribution in [0.3, 0.4) is 0 Å². The van der Waals surface area contributed by atoms with Crippen molar-refractivity contribution in [2.75, 3.05) is 0 Å². The third-order valence-electron chi connectivity index (χ3n) is 5.68. The monoisotopic (exact) mass is 433 g/mol. The number of aliphatic imine (C=N–C) groups is 1. The van der Waals surface area contributed by atoms with Crippen molar-refractivity contribution in [3.05, 3.63) is 77.1 Å². The minimum Gasteiger partial charge on any atom is -0.474 e. The van der Waals surface area contributed by atoms with E-state index in [1.54, 1.807) is 0 Å². The fourth-order valence-corrected chi connectivity index (χ4v) is 4.06. The van der Waals surface area contributed by atoms with E-state index in [2.05, 4.69) is 20.8 Å². The van der Waals surface area contributed by atoms with E-state index in [9.17, 15) is 0 Å². The van der Waals surface area contributed by atoms with E-state index >= 15 is 0 Å². The maximum absolute atomic E-state index is 6.02. The molecule has 1 atom stereocenters. The Bertz CT molecular complexity index is 1040. The van der Waals surface area contributed by atoms with Gasteiger partial charge in [0.05, 0.1) is 5.69 Å². The number of halogens is 1. The topological polar surface area (TPSA) is 71.4 Å². The van der Waals surface area contributed by atoms with Crippen molar-refractivity contribution in [2.45, 2.75) is 44.4 Å². The Kier molecular flexibility index (Phi) is 5.82. The van der Waals surface area contributed by atoms with Crippen LogP contribution in [0.4, 0.5) is 0 Å². The average molecular weight is 434 g/mol. The molecular weight excluding hydrogens is 410 g/mol. The van der Waals surface area contributed by atoms with E-state index in [0.717, 1.165) is 41.1 Å². The van der Waals surface area contributed by atoms with Gasteiger partial charge in [-0.1, -0.05) is 24.1 Å². The molecule has 0 bridgehead atoms. The van der Waals surface area contributed by atoms with Crippen LogP contribution in [0, 0.1) is 0 Å². The number of amidine groups is 1. The molecule has 0 spiro atoms. The Morgan fingerprint density at radius 2 is 1.65 bits per heavy atom. The number of ether oxygens (including phenoxy) is 1. The summed E-state index contributed by atoms with van der Waals surface area (Å²) in [6.45, 7) is 0. The highest BCUT2D eigenvalue weighted by molar-refractivity contribution is 6.30. The highest BCUT2D eigenvalue weighted by Gasteiger charge is 2.19. The van der Waals surface area contributed by atoms with Crippen molar-refractivity contribution >= 4 is 17.4 Å². The molecule has 3 heterocycles. The summed E-state index contributed by atoms with van der Waals surface area (Å²) in [6.07, 6.45) is 9.82. The molecule has 0 saturated heterocycles. The van der Waals surface area contributed by atoms with Gasteiger partial charge in [0.1, 0.15) is 18.1 Å². The van der Waals surface area contributed by atoms with Crippen molar-refractivity contribution < 1.29 is 4.74 Å². The largest absolute Gasteiger partial charge is 0.474 e. The molecule has 6 nitrogen and oxygen atoms in total. The first kappa shape index (κ1) is 20.0. The lowest BCUT2D eigenvalue weighted by Gasteiger charge is -2.22. The van der Waals surface area contributed by atoms with Crippen LogP contribution in [0.2, 0.25) is 5.02 Å². The zero-order chi connectivity index (χ0) is 21.0. The predicted molar refractivity (Wildman–Crippen MR) is 122 cm³/mol. The van der Waals surface area contributed by atoms with Gasteiger partial charge in [-0.15, -0.1) is 0 Å². The molecule has 1 unspecified atom stereocenters. The van der Waals surface area contributed by atoms with Gasteiger partial charge in [0, 0.05) is 40.2 Å². The van der Waals surface area contributed by atoms with Crippen LogP contribution < -0.4 is 15.6 Å². The SMILES string of the molecule is Clc1ccc(C2=NC(c3ccc(-c4ccc(OC5CCCCC5)nc4)nc3)NN2)cc1. The van der Waals surface area contributed by atoms with Gasteiger partial charge in [0.15, 0.2) is 0 Å². The third kappa shape index (κ3) is 4.70. The molecule has 1 aliphatic carbocycles. The molecule has 158 valence electrons. The number of hydrogen-bond donors (Lipinski definition) is 2. The van der Waals surface area contributed by atoms with Gasteiger partial charge < -0.3 is 10.2 Å². The second-order valence-corrected chi connectivity index (χ2v) is 8.33. The normalized spacial score (nSPS) is 19.0. The summed E-state index contributed by atoms with van der Waals surface area (Å²) < 4.78 is 6.02. The quantitative estimate of drug-likeness (QED) is 0.588. The number of aromatic nitrogens is 2. The van der Waals surface area contributed by atoms with Crippen molar-refractivity contribution in [3.8, 4) is 17.1 Å². The Morgan fingerprint density at radius 1 is 0.839 bits per heavy atom. The highest BCUT2D eigenvalue weighted by Crippen LogP contribution is 2.25. The molecule has 1 saturated carbocycles. The Balaban J connectivity index is 1.25. The number of pyridine rings is 2.